The molecule has 1 aliphatic rings. The number of thioether (sulfide) groups is 1. The lowest BCUT2D eigenvalue weighted by atomic mass is 10.0. The topological polar surface area (TPSA) is 21.3 Å². The van der Waals surface area contributed by atoms with E-state index in [4.69, 9.17) is 4.74 Å². The predicted molar refractivity (Wildman–Crippen MR) is 89.9 cm³/mol. The molecular weight excluding hydrogens is 286 g/mol. The van der Waals surface area contributed by atoms with Crippen molar-refractivity contribution < 1.29 is 4.74 Å². The van der Waals surface area contributed by atoms with E-state index >= 15 is 0 Å². The molecule has 1 aromatic carbocycles. The van der Waals surface area contributed by atoms with Gasteiger partial charge in [0.2, 0.25) is 0 Å². The number of hydrogen-bond donors (Lipinski definition) is 1. The van der Waals surface area contributed by atoms with Crippen LogP contribution in [0, 0.1) is 0 Å². The first kappa shape index (κ1) is 14.4. The van der Waals surface area contributed by atoms with E-state index in [9.17, 15) is 0 Å². The third-order valence-electron chi connectivity index (χ3n) is 3.67. The number of ether oxygens (including phenoxy) is 1. The second-order valence-corrected chi connectivity index (χ2v) is 7.17. The van der Waals surface area contributed by atoms with Crippen LogP contribution in [-0.4, -0.2) is 30.8 Å². The van der Waals surface area contributed by atoms with E-state index in [1.54, 1.807) is 0 Å². The van der Waals surface area contributed by atoms with E-state index < -0.39 is 0 Å². The minimum absolute atomic E-state index is 0.285. The minimum Gasteiger partial charge on any atom is -0.375 e. The highest BCUT2D eigenvalue weighted by molar-refractivity contribution is 7.99. The first-order valence-electron chi connectivity index (χ1n) is 7.29. The molecule has 0 spiro atoms. The normalized spacial score (nSPS) is 21.1. The fourth-order valence-corrected chi connectivity index (χ4v) is 4.56. The van der Waals surface area contributed by atoms with E-state index in [0.29, 0.717) is 6.04 Å². The molecule has 0 saturated carbocycles. The smallest absolute Gasteiger partial charge is 0.0860 e. The Balaban J connectivity index is 1.92. The first-order chi connectivity index (χ1) is 9.90. The summed E-state index contributed by atoms with van der Waals surface area (Å²) in [5, 5.41) is 7.23. The Morgan fingerprint density at radius 3 is 3.15 bits per heavy atom. The summed E-state index contributed by atoms with van der Waals surface area (Å²) in [6.07, 6.45) is 1.43. The van der Waals surface area contributed by atoms with Crippen LogP contribution in [0.1, 0.15) is 24.9 Å². The molecule has 1 saturated heterocycles. The lowest BCUT2D eigenvalue weighted by molar-refractivity contribution is 0.0472. The van der Waals surface area contributed by atoms with Gasteiger partial charge in [-0.3, -0.25) is 0 Å². The molecule has 0 bridgehead atoms. The summed E-state index contributed by atoms with van der Waals surface area (Å²) in [4.78, 5) is 0. The highest BCUT2D eigenvalue weighted by atomic mass is 32.2. The number of nitrogens with one attached hydrogen (secondary N) is 1. The molecule has 0 aliphatic carbocycles. The van der Waals surface area contributed by atoms with E-state index in [2.05, 4.69) is 41.9 Å². The van der Waals surface area contributed by atoms with Crippen molar-refractivity contribution in [1.82, 2.24) is 5.32 Å². The molecule has 2 aromatic rings. The zero-order valence-corrected chi connectivity index (χ0v) is 13.4. The van der Waals surface area contributed by atoms with Crippen LogP contribution in [0.4, 0.5) is 0 Å². The SMILES string of the molecule is CCCNC(c1cccc2ccsc12)C1CSCCO1. The van der Waals surface area contributed by atoms with Crippen LogP contribution in [0.25, 0.3) is 10.1 Å². The number of hydrogen-bond acceptors (Lipinski definition) is 4. The molecule has 2 atom stereocenters. The molecular formula is C16H21NOS2. The molecule has 2 unspecified atom stereocenters. The van der Waals surface area contributed by atoms with Gasteiger partial charge in [0.25, 0.3) is 0 Å². The highest BCUT2D eigenvalue weighted by Gasteiger charge is 2.27. The summed E-state index contributed by atoms with van der Waals surface area (Å²) >= 11 is 3.84. The van der Waals surface area contributed by atoms with Crippen LogP contribution in [-0.2, 0) is 4.74 Å². The minimum atomic E-state index is 0.285. The monoisotopic (exact) mass is 307 g/mol. The maximum Gasteiger partial charge on any atom is 0.0860 e. The van der Waals surface area contributed by atoms with Gasteiger partial charge in [-0.2, -0.15) is 11.8 Å². The van der Waals surface area contributed by atoms with Crippen molar-refractivity contribution in [2.24, 2.45) is 0 Å². The van der Waals surface area contributed by atoms with Gasteiger partial charge < -0.3 is 10.1 Å². The fraction of sp³-hybridized carbons (Fsp3) is 0.500. The summed E-state index contributed by atoms with van der Waals surface area (Å²) in [7, 11) is 0. The van der Waals surface area contributed by atoms with Crippen LogP contribution in [0.2, 0.25) is 0 Å². The van der Waals surface area contributed by atoms with Gasteiger partial charge in [0.1, 0.15) is 0 Å². The Hall–Kier alpha value is -0.550. The van der Waals surface area contributed by atoms with Crippen molar-refractivity contribution in [3.05, 3.63) is 35.2 Å². The standard InChI is InChI=1S/C16H21NOS2/c1-2-7-17-15(14-11-19-10-8-18-14)13-5-3-4-12-6-9-20-16(12)13/h3-6,9,14-15,17H,2,7-8,10-11H2,1H3. The lowest BCUT2D eigenvalue weighted by Gasteiger charge is -2.31. The third-order valence-corrected chi connectivity index (χ3v) is 5.67. The maximum absolute atomic E-state index is 6.04. The van der Waals surface area contributed by atoms with Crippen LogP contribution in [0.15, 0.2) is 29.6 Å². The molecule has 1 aliphatic heterocycles. The van der Waals surface area contributed by atoms with E-state index in [1.165, 1.54) is 15.6 Å². The molecule has 1 fully saturated rings. The van der Waals surface area contributed by atoms with Crippen molar-refractivity contribution >= 4 is 33.2 Å². The van der Waals surface area contributed by atoms with Crippen molar-refractivity contribution in [1.29, 1.82) is 0 Å². The molecule has 20 heavy (non-hydrogen) atoms. The lowest BCUT2D eigenvalue weighted by Crippen LogP contribution is -2.38. The van der Waals surface area contributed by atoms with Crippen LogP contribution in [0.3, 0.4) is 0 Å². The Morgan fingerprint density at radius 1 is 1.40 bits per heavy atom. The summed E-state index contributed by atoms with van der Waals surface area (Å²) in [5.41, 5.74) is 1.40. The summed E-state index contributed by atoms with van der Waals surface area (Å²) in [6.45, 7) is 4.13. The highest BCUT2D eigenvalue weighted by Crippen LogP contribution is 2.33. The summed E-state index contributed by atoms with van der Waals surface area (Å²) in [6, 6.07) is 9.14. The maximum atomic E-state index is 6.04. The Labute approximate surface area is 128 Å². The molecule has 2 nitrogen and oxygen atoms in total. The summed E-state index contributed by atoms with van der Waals surface area (Å²) in [5.74, 6) is 2.21. The fourth-order valence-electron chi connectivity index (χ4n) is 2.70. The third kappa shape index (κ3) is 3.03. The predicted octanol–water partition coefficient (Wildman–Crippen LogP) is 4.07. The average Bonchev–Trinajstić information content (AvgIpc) is 2.98. The Bertz CT molecular complexity index is 548. The van der Waals surface area contributed by atoms with E-state index in [-0.39, 0.29) is 6.10 Å². The molecule has 108 valence electrons. The van der Waals surface area contributed by atoms with Gasteiger partial charge in [-0.05, 0) is 35.4 Å². The van der Waals surface area contributed by atoms with Gasteiger partial charge in [-0.25, -0.2) is 0 Å². The molecule has 3 rings (SSSR count). The van der Waals surface area contributed by atoms with Gasteiger partial charge in [-0.1, -0.05) is 25.1 Å². The van der Waals surface area contributed by atoms with Gasteiger partial charge in [0, 0.05) is 16.2 Å². The second-order valence-electron chi connectivity index (χ2n) is 5.10. The van der Waals surface area contributed by atoms with Crippen LogP contribution < -0.4 is 5.32 Å². The Morgan fingerprint density at radius 2 is 2.35 bits per heavy atom. The Kier molecular flexibility index (Phi) is 4.99. The second kappa shape index (κ2) is 6.94. The number of fused-ring (bicyclic) bond motifs is 1. The zero-order valence-electron chi connectivity index (χ0n) is 11.8. The van der Waals surface area contributed by atoms with Crippen molar-refractivity contribution in [2.75, 3.05) is 24.7 Å². The molecule has 1 aromatic heterocycles. The molecule has 1 N–H and O–H groups in total. The number of thiophene rings is 1. The molecule has 0 radical (unpaired) electrons. The average molecular weight is 307 g/mol. The number of benzene rings is 1. The number of rotatable bonds is 5. The summed E-state index contributed by atoms with van der Waals surface area (Å²) < 4.78 is 7.44. The van der Waals surface area contributed by atoms with E-state index in [1.807, 2.05) is 23.1 Å². The van der Waals surface area contributed by atoms with Crippen molar-refractivity contribution in [2.45, 2.75) is 25.5 Å². The first-order valence-corrected chi connectivity index (χ1v) is 9.32. The van der Waals surface area contributed by atoms with Crippen molar-refractivity contribution in [3.8, 4) is 0 Å². The van der Waals surface area contributed by atoms with Crippen molar-refractivity contribution in [3.63, 3.8) is 0 Å². The van der Waals surface area contributed by atoms with Crippen LogP contribution >= 0.6 is 23.1 Å². The van der Waals surface area contributed by atoms with Gasteiger partial charge >= 0.3 is 0 Å². The van der Waals surface area contributed by atoms with E-state index in [0.717, 1.165) is 31.1 Å². The van der Waals surface area contributed by atoms with Gasteiger partial charge in [0.05, 0.1) is 18.8 Å². The quantitative estimate of drug-likeness (QED) is 0.899. The zero-order chi connectivity index (χ0) is 13.8. The molecule has 4 heteroatoms. The molecule has 0 amide bonds. The van der Waals surface area contributed by atoms with Crippen LogP contribution in [0.5, 0.6) is 0 Å². The largest absolute Gasteiger partial charge is 0.375 e. The van der Waals surface area contributed by atoms with Gasteiger partial charge in [-0.15, -0.1) is 11.3 Å². The van der Waals surface area contributed by atoms with Gasteiger partial charge in [0.15, 0.2) is 0 Å². The molecule has 2 heterocycles.